The lowest BCUT2D eigenvalue weighted by Crippen LogP contribution is -2.11. The predicted molar refractivity (Wildman–Crippen MR) is 186 cm³/mol. The van der Waals surface area contributed by atoms with Crippen LogP contribution in [0.2, 0.25) is 0 Å². The average Bonchev–Trinajstić information content (AvgIpc) is 3.61. The van der Waals surface area contributed by atoms with E-state index in [-0.39, 0.29) is 0 Å². The Bertz CT molecular complexity index is 2450. The zero-order chi connectivity index (χ0) is 28.3. The van der Waals surface area contributed by atoms with Crippen LogP contribution in [-0.2, 0) is 0 Å². The molecule has 0 fully saturated rings. The van der Waals surface area contributed by atoms with Crippen molar-refractivity contribution in [3.63, 3.8) is 0 Å². The first-order valence-corrected chi connectivity index (χ1v) is 15.4. The van der Waals surface area contributed by atoms with E-state index < -0.39 is 0 Å². The monoisotopic (exact) mass is 566 g/mol. The predicted octanol–water partition coefficient (Wildman–Crippen LogP) is 11.8. The molecule has 2 heterocycles. The molecule has 0 N–H and O–H groups in total. The van der Waals surface area contributed by atoms with Gasteiger partial charge in [0.15, 0.2) is 0 Å². The van der Waals surface area contributed by atoms with Crippen LogP contribution in [0.15, 0.2) is 158 Å². The van der Waals surface area contributed by atoms with Crippen LogP contribution in [-0.4, -0.2) is 4.57 Å². The van der Waals surface area contributed by atoms with Crippen molar-refractivity contribution in [1.82, 2.24) is 4.57 Å². The van der Waals surface area contributed by atoms with Crippen LogP contribution in [0.3, 0.4) is 0 Å². The highest BCUT2D eigenvalue weighted by molar-refractivity contribution is 7.26. The Balaban J connectivity index is 1.44. The van der Waals surface area contributed by atoms with Crippen molar-refractivity contribution in [2.45, 2.75) is 0 Å². The summed E-state index contributed by atoms with van der Waals surface area (Å²) in [5.74, 6) is 0. The van der Waals surface area contributed by atoms with E-state index in [0.29, 0.717) is 0 Å². The van der Waals surface area contributed by atoms with E-state index in [0.717, 1.165) is 17.1 Å². The van der Waals surface area contributed by atoms with Crippen molar-refractivity contribution in [1.29, 1.82) is 0 Å². The summed E-state index contributed by atoms with van der Waals surface area (Å²) in [5.41, 5.74) is 7.03. The molecule has 3 heteroatoms. The number of anilines is 3. The molecule has 0 spiro atoms. The molecule has 2 aromatic heterocycles. The largest absolute Gasteiger partial charge is 0.307 e. The Morgan fingerprint density at radius 3 is 1.91 bits per heavy atom. The fourth-order valence-corrected chi connectivity index (χ4v) is 7.86. The van der Waals surface area contributed by atoms with Crippen LogP contribution in [0, 0.1) is 0 Å². The van der Waals surface area contributed by atoms with E-state index in [4.69, 9.17) is 0 Å². The van der Waals surface area contributed by atoms with E-state index in [1.165, 1.54) is 58.4 Å². The standard InChI is InChI=1S/C40H26N2S/c1-3-15-29(16-4-1)41(36-23-12-21-33-31-19-9-10-24-38(31)43-40(33)36)35-22-11-20-32-34-25-27-13-7-8-14-28(27)26-37(34)42(39(32)35)30-17-5-2-6-18-30/h1-26H. The highest BCUT2D eigenvalue weighted by Gasteiger charge is 2.23. The number of fused-ring (bicyclic) bond motifs is 7. The van der Waals surface area contributed by atoms with Crippen LogP contribution in [0.1, 0.15) is 0 Å². The van der Waals surface area contributed by atoms with Crippen molar-refractivity contribution >= 4 is 81.1 Å². The molecule has 2 nitrogen and oxygen atoms in total. The van der Waals surface area contributed by atoms with Gasteiger partial charge in [0.2, 0.25) is 0 Å². The lowest BCUT2D eigenvalue weighted by molar-refractivity contribution is 1.17. The number of benzene rings is 7. The van der Waals surface area contributed by atoms with Gasteiger partial charge in [0.05, 0.1) is 27.1 Å². The fraction of sp³-hybridized carbons (Fsp3) is 0. The number of aromatic nitrogens is 1. The summed E-state index contributed by atoms with van der Waals surface area (Å²) >= 11 is 1.87. The van der Waals surface area contributed by atoms with Gasteiger partial charge >= 0.3 is 0 Å². The number of hydrogen-bond acceptors (Lipinski definition) is 2. The summed E-state index contributed by atoms with van der Waals surface area (Å²) in [6, 6.07) is 57.2. The molecule has 9 rings (SSSR count). The third-order valence-electron chi connectivity index (χ3n) is 8.53. The number of rotatable bonds is 4. The molecule has 0 saturated heterocycles. The van der Waals surface area contributed by atoms with E-state index in [2.05, 4.69) is 167 Å². The van der Waals surface area contributed by atoms with E-state index >= 15 is 0 Å². The Labute approximate surface area is 253 Å². The van der Waals surface area contributed by atoms with Gasteiger partial charge in [0.1, 0.15) is 0 Å². The number of hydrogen-bond donors (Lipinski definition) is 0. The van der Waals surface area contributed by atoms with Crippen LogP contribution in [0.5, 0.6) is 0 Å². The third kappa shape index (κ3) is 3.72. The SMILES string of the molecule is c1ccc(N(c2cccc3c2sc2ccccc23)c2cccc3c4cc5ccccc5cc4n(-c4ccccc4)c23)cc1. The molecule has 0 radical (unpaired) electrons. The average molecular weight is 567 g/mol. The number of para-hydroxylation sites is 3. The summed E-state index contributed by atoms with van der Waals surface area (Å²) in [7, 11) is 0. The minimum absolute atomic E-state index is 1.13. The Kier molecular flexibility index (Phi) is 5.40. The number of nitrogens with zero attached hydrogens (tertiary/aromatic N) is 2. The smallest absolute Gasteiger partial charge is 0.0782 e. The second-order valence-corrected chi connectivity index (χ2v) is 12.0. The van der Waals surface area contributed by atoms with Crippen molar-refractivity contribution < 1.29 is 0 Å². The van der Waals surface area contributed by atoms with Crippen LogP contribution in [0.4, 0.5) is 17.1 Å². The van der Waals surface area contributed by atoms with Crippen molar-refractivity contribution in [2.75, 3.05) is 4.90 Å². The van der Waals surface area contributed by atoms with Gasteiger partial charge in [-0.2, -0.15) is 0 Å². The maximum atomic E-state index is 2.46. The number of thiophene rings is 1. The normalized spacial score (nSPS) is 11.7. The van der Waals surface area contributed by atoms with Gasteiger partial charge in [-0.25, -0.2) is 0 Å². The highest BCUT2D eigenvalue weighted by atomic mass is 32.1. The van der Waals surface area contributed by atoms with Crippen molar-refractivity contribution in [2.24, 2.45) is 0 Å². The molecule has 0 bridgehead atoms. The molecule has 0 aliphatic heterocycles. The molecule has 7 aromatic carbocycles. The second-order valence-electron chi connectivity index (χ2n) is 11.0. The maximum Gasteiger partial charge on any atom is 0.0782 e. The molecule has 0 unspecified atom stereocenters. The quantitative estimate of drug-likeness (QED) is 0.206. The van der Waals surface area contributed by atoms with Crippen molar-refractivity contribution in [3.8, 4) is 5.69 Å². The summed E-state index contributed by atoms with van der Waals surface area (Å²) in [6.07, 6.45) is 0. The van der Waals surface area contributed by atoms with Gasteiger partial charge in [-0.1, -0.05) is 103 Å². The molecular weight excluding hydrogens is 541 g/mol. The van der Waals surface area contributed by atoms with Gasteiger partial charge < -0.3 is 9.47 Å². The zero-order valence-corrected chi connectivity index (χ0v) is 24.1. The van der Waals surface area contributed by atoms with E-state index in [1.54, 1.807) is 0 Å². The van der Waals surface area contributed by atoms with E-state index in [9.17, 15) is 0 Å². The summed E-state index contributed by atoms with van der Waals surface area (Å²) < 4.78 is 5.05. The van der Waals surface area contributed by atoms with Gasteiger partial charge in [0, 0.05) is 37.6 Å². The molecule has 0 aliphatic rings. The molecule has 0 saturated carbocycles. The van der Waals surface area contributed by atoms with Gasteiger partial charge in [-0.05, 0) is 65.4 Å². The molecule has 43 heavy (non-hydrogen) atoms. The topological polar surface area (TPSA) is 8.17 Å². The van der Waals surface area contributed by atoms with Crippen LogP contribution >= 0.6 is 11.3 Å². The molecule has 202 valence electrons. The third-order valence-corrected chi connectivity index (χ3v) is 9.74. The van der Waals surface area contributed by atoms with Crippen molar-refractivity contribution in [3.05, 3.63) is 158 Å². The minimum atomic E-state index is 1.13. The Morgan fingerprint density at radius 1 is 0.465 bits per heavy atom. The summed E-state index contributed by atoms with van der Waals surface area (Å²) in [4.78, 5) is 2.46. The van der Waals surface area contributed by atoms with E-state index in [1.807, 2.05) is 11.3 Å². The Hall–Kier alpha value is -5.38. The fourth-order valence-electron chi connectivity index (χ4n) is 6.65. The highest BCUT2D eigenvalue weighted by Crippen LogP contribution is 2.48. The first-order valence-electron chi connectivity index (χ1n) is 14.6. The van der Waals surface area contributed by atoms with Gasteiger partial charge in [-0.15, -0.1) is 11.3 Å². The lowest BCUT2D eigenvalue weighted by atomic mass is 10.1. The van der Waals surface area contributed by atoms with Crippen LogP contribution < -0.4 is 4.90 Å². The maximum absolute atomic E-state index is 2.46. The molecule has 0 aliphatic carbocycles. The van der Waals surface area contributed by atoms with Gasteiger partial charge in [0.25, 0.3) is 0 Å². The first kappa shape index (κ1) is 24.2. The van der Waals surface area contributed by atoms with Crippen LogP contribution in [0.25, 0.3) is 58.4 Å². The lowest BCUT2D eigenvalue weighted by Gasteiger charge is -2.27. The molecule has 0 atom stereocenters. The molecule has 0 amide bonds. The molecular formula is C40H26N2S. The molecule has 9 aromatic rings. The zero-order valence-electron chi connectivity index (χ0n) is 23.3. The second kappa shape index (κ2) is 9.59. The Morgan fingerprint density at radius 2 is 1.09 bits per heavy atom. The minimum Gasteiger partial charge on any atom is -0.307 e. The summed E-state index contributed by atoms with van der Waals surface area (Å²) in [5, 5.41) is 7.59. The van der Waals surface area contributed by atoms with Gasteiger partial charge in [-0.3, -0.25) is 0 Å². The summed E-state index contributed by atoms with van der Waals surface area (Å²) in [6.45, 7) is 0. The first-order chi connectivity index (χ1) is 21.3.